The highest BCUT2D eigenvalue weighted by Gasteiger charge is 1.86. The minimum atomic E-state index is 1.14. The highest BCUT2D eigenvalue weighted by molar-refractivity contribution is 5.25. The number of allylic oxidation sites excluding steroid dienone is 4. The molecule has 0 atom stereocenters. The summed E-state index contributed by atoms with van der Waals surface area (Å²) in [6, 6.07) is 0. The maximum atomic E-state index is 2.25. The Morgan fingerprint density at radius 1 is 1.22 bits per heavy atom. The van der Waals surface area contributed by atoms with Crippen LogP contribution in [-0.4, -0.2) is 0 Å². The second-order valence-electron chi connectivity index (χ2n) is 2.27. The Balaban J connectivity index is 4.03. The Bertz CT molecular complexity index is 127. The van der Waals surface area contributed by atoms with Gasteiger partial charge < -0.3 is 0 Å². The topological polar surface area (TPSA) is 0 Å². The van der Waals surface area contributed by atoms with E-state index in [1.807, 2.05) is 0 Å². The van der Waals surface area contributed by atoms with Crippen molar-refractivity contribution in [2.45, 2.75) is 34.1 Å². The molecule has 0 heteroatoms. The third-order valence-electron chi connectivity index (χ3n) is 1.57. The molecule has 9 heavy (non-hydrogen) atoms. The standard InChI is InChI=1S/C9H16/c1-5-7-9(4)8(3)6-2/h6-7H,5H2,1-4H3/b8-6+,9-7-. The summed E-state index contributed by atoms with van der Waals surface area (Å²) in [6.07, 6.45) is 5.52. The van der Waals surface area contributed by atoms with Crippen molar-refractivity contribution >= 4 is 0 Å². The zero-order valence-corrected chi connectivity index (χ0v) is 6.86. The highest BCUT2D eigenvalue weighted by atomic mass is 13.9. The van der Waals surface area contributed by atoms with Gasteiger partial charge in [0.2, 0.25) is 0 Å². The van der Waals surface area contributed by atoms with Crippen molar-refractivity contribution in [3.63, 3.8) is 0 Å². The molecule has 0 bridgehead atoms. The molecule has 0 aromatic carbocycles. The highest BCUT2D eigenvalue weighted by Crippen LogP contribution is 2.07. The minimum Gasteiger partial charge on any atom is -0.0845 e. The van der Waals surface area contributed by atoms with E-state index < -0.39 is 0 Å². The van der Waals surface area contributed by atoms with Crippen molar-refractivity contribution in [3.8, 4) is 0 Å². The molecule has 0 unspecified atom stereocenters. The van der Waals surface area contributed by atoms with E-state index in [0.717, 1.165) is 6.42 Å². The molecule has 0 aromatic heterocycles. The lowest BCUT2D eigenvalue weighted by Crippen LogP contribution is -1.76. The maximum absolute atomic E-state index is 2.25. The molecule has 0 rings (SSSR count). The van der Waals surface area contributed by atoms with Crippen LogP contribution in [0.25, 0.3) is 0 Å². The molecule has 0 saturated carbocycles. The zero-order valence-electron chi connectivity index (χ0n) is 6.86. The minimum absolute atomic E-state index is 1.14. The van der Waals surface area contributed by atoms with E-state index in [1.165, 1.54) is 11.1 Å². The Morgan fingerprint density at radius 3 is 2.11 bits per heavy atom. The Labute approximate surface area is 58.3 Å². The molecule has 0 N–H and O–H groups in total. The van der Waals surface area contributed by atoms with Crippen LogP contribution in [0.4, 0.5) is 0 Å². The lowest BCUT2D eigenvalue weighted by atomic mass is 10.1. The van der Waals surface area contributed by atoms with Crippen molar-refractivity contribution in [2.24, 2.45) is 0 Å². The third kappa shape index (κ3) is 3.12. The quantitative estimate of drug-likeness (QED) is 0.495. The first-order valence-corrected chi connectivity index (χ1v) is 3.52. The Hall–Kier alpha value is -0.520. The van der Waals surface area contributed by atoms with Crippen LogP contribution in [0.2, 0.25) is 0 Å². The van der Waals surface area contributed by atoms with Crippen molar-refractivity contribution in [2.75, 3.05) is 0 Å². The normalized spacial score (nSPS) is 14.2. The van der Waals surface area contributed by atoms with E-state index in [2.05, 4.69) is 39.8 Å². The summed E-state index contributed by atoms with van der Waals surface area (Å²) >= 11 is 0. The summed E-state index contributed by atoms with van der Waals surface area (Å²) in [5.74, 6) is 0. The number of hydrogen-bond donors (Lipinski definition) is 0. The molecule has 0 saturated heterocycles. The molecule has 0 aliphatic heterocycles. The first-order valence-electron chi connectivity index (χ1n) is 3.52. The molecule has 52 valence electrons. The molecule has 0 aromatic rings. The molecule has 0 fully saturated rings. The van der Waals surface area contributed by atoms with E-state index in [1.54, 1.807) is 0 Å². The van der Waals surface area contributed by atoms with Crippen LogP contribution < -0.4 is 0 Å². The summed E-state index contributed by atoms with van der Waals surface area (Å²) in [4.78, 5) is 0. The van der Waals surface area contributed by atoms with Crippen LogP contribution in [0, 0.1) is 0 Å². The van der Waals surface area contributed by atoms with E-state index >= 15 is 0 Å². The zero-order chi connectivity index (χ0) is 7.28. The van der Waals surface area contributed by atoms with Crippen molar-refractivity contribution in [1.82, 2.24) is 0 Å². The van der Waals surface area contributed by atoms with Crippen LogP contribution in [0.1, 0.15) is 34.1 Å². The van der Waals surface area contributed by atoms with Gasteiger partial charge in [0.25, 0.3) is 0 Å². The fraction of sp³-hybridized carbons (Fsp3) is 0.556. The second-order valence-corrected chi connectivity index (χ2v) is 2.27. The van der Waals surface area contributed by atoms with Gasteiger partial charge in [-0.25, -0.2) is 0 Å². The summed E-state index contributed by atoms with van der Waals surface area (Å²) < 4.78 is 0. The second kappa shape index (κ2) is 4.37. The van der Waals surface area contributed by atoms with Crippen molar-refractivity contribution in [1.29, 1.82) is 0 Å². The van der Waals surface area contributed by atoms with Gasteiger partial charge >= 0.3 is 0 Å². The molecule has 0 aliphatic carbocycles. The van der Waals surface area contributed by atoms with Gasteiger partial charge in [-0.15, -0.1) is 0 Å². The predicted molar refractivity (Wildman–Crippen MR) is 43.5 cm³/mol. The Kier molecular flexibility index (Phi) is 4.12. The molecule has 0 heterocycles. The third-order valence-corrected chi connectivity index (χ3v) is 1.57. The Morgan fingerprint density at radius 2 is 1.78 bits per heavy atom. The number of hydrogen-bond acceptors (Lipinski definition) is 0. The van der Waals surface area contributed by atoms with Crippen LogP contribution in [0.3, 0.4) is 0 Å². The van der Waals surface area contributed by atoms with Gasteiger partial charge in [-0.05, 0) is 27.2 Å². The lowest BCUT2D eigenvalue weighted by Gasteiger charge is -1.97. The van der Waals surface area contributed by atoms with Gasteiger partial charge in [-0.2, -0.15) is 0 Å². The SMILES string of the molecule is C/C=C(C)/C(C)=C\CC. The molecule has 0 aliphatic rings. The first kappa shape index (κ1) is 8.48. The molecule has 0 nitrogen and oxygen atoms in total. The van der Waals surface area contributed by atoms with Gasteiger partial charge in [-0.1, -0.05) is 30.2 Å². The van der Waals surface area contributed by atoms with Crippen molar-refractivity contribution in [3.05, 3.63) is 23.3 Å². The molecular weight excluding hydrogens is 108 g/mol. The first-order chi connectivity index (χ1) is 4.22. The number of rotatable bonds is 2. The van der Waals surface area contributed by atoms with Crippen LogP contribution in [0.5, 0.6) is 0 Å². The van der Waals surface area contributed by atoms with Crippen LogP contribution >= 0.6 is 0 Å². The largest absolute Gasteiger partial charge is 0.0845 e. The molecular formula is C9H16. The molecule has 0 radical (unpaired) electrons. The van der Waals surface area contributed by atoms with E-state index in [0.29, 0.717) is 0 Å². The van der Waals surface area contributed by atoms with E-state index in [-0.39, 0.29) is 0 Å². The van der Waals surface area contributed by atoms with Crippen LogP contribution in [0.15, 0.2) is 23.3 Å². The monoisotopic (exact) mass is 124 g/mol. The maximum Gasteiger partial charge on any atom is -0.0374 e. The summed E-state index contributed by atoms with van der Waals surface area (Å²) in [7, 11) is 0. The van der Waals surface area contributed by atoms with Gasteiger partial charge in [0.1, 0.15) is 0 Å². The molecule has 0 spiro atoms. The van der Waals surface area contributed by atoms with E-state index in [9.17, 15) is 0 Å². The van der Waals surface area contributed by atoms with Gasteiger partial charge in [-0.3, -0.25) is 0 Å². The fourth-order valence-electron chi connectivity index (χ4n) is 0.695. The summed E-state index contributed by atoms with van der Waals surface area (Å²) in [6.45, 7) is 8.52. The average Bonchev–Trinajstić information content (AvgIpc) is 1.87. The smallest absolute Gasteiger partial charge is 0.0374 e. The summed E-state index contributed by atoms with van der Waals surface area (Å²) in [5.41, 5.74) is 2.79. The lowest BCUT2D eigenvalue weighted by molar-refractivity contribution is 1.17. The fourth-order valence-corrected chi connectivity index (χ4v) is 0.695. The van der Waals surface area contributed by atoms with Crippen molar-refractivity contribution < 1.29 is 0 Å². The summed E-state index contributed by atoms with van der Waals surface area (Å²) in [5, 5.41) is 0. The average molecular weight is 124 g/mol. The predicted octanol–water partition coefficient (Wildman–Crippen LogP) is 3.31. The van der Waals surface area contributed by atoms with Gasteiger partial charge in [0, 0.05) is 0 Å². The van der Waals surface area contributed by atoms with Gasteiger partial charge in [0.15, 0.2) is 0 Å². The molecule has 0 amide bonds. The van der Waals surface area contributed by atoms with E-state index in [4.69, 9.17) is 0 Å². The van der Waals surface area contributed by atoms with Crippen LogP contribution in [-0.2, 0) is 0 Å². The van der Waals surface area contributed by atoms with Gasteiger partial charge in [0.05, 0.1) is 0 Å².